The van der Waals surface area contributed by atoms with Crippen LogP contribution < -0.4 is 5.32 Å². The van der Waals surface area contributed by atoms with Crippen molar-refractivity contribution >= 4 is 12.0 Å². The smallest absolute Gasteiger partial charge is 0.318 e. The molecule has 2 saturated heterocycles. The summed E-state index contributed by atoms with van der Waals surface area (Å²) < 4.78 is 4.57. The maximum absolute atomic E-state index is 12.1. The van der Waals surface area contributed by atoms with E-state index in [0.717, 1.165) is 12.8 Å². The molecule has 0 aliphatic carbocycles. The van der Waals surface area contributed by atoms with Gasteiger partial charge in [-0.15, -0.1) is 0 Å². The number of aliphatic carboxylic acids is 1. The lowest BCUT2D eigenvalue weighted by Gasteiger charge is -2.23. The predicted molar refractivity (Wildman–Crippen MR) is 60.9 cm³/mol. The zero-order chi connectivity index (χ0) is 13.4. The second-order valence-corrected chi connectivity index (χ2v) is 4.89. The summed E-state index contributed by atoms with van der Waals surface area (Å²) in [6.07, 6.45) is 3.39. The number of carboxylic acid groups (broad SMARTS) is 1. The number of carboxylic acids is 1. The second-order valence-electron chi connectivity index (χ2n) is 4.89. The third-order valence-electron chi connectivity index (χ3n) is 3.89. The van der Waals surface area contributed by atoms with Crippen LogP contribution in [0, 0.1) is 5.92 Å². The average Bonchev–Trinajstić information content (AvgIpc) is 3.11. The molecule has 2 aliphatic rings. The van der Waals surface area contributed by atoms with Crippen molar-refractivity contribution in [1.82, 2.24) is 20.4 Å². The van der Waals surface area contributed by atoms with Crippen molar-refractivity contribution in [3.8, 4) is 0 Å². The van der Waals surface area contributed by atoms with Crippen LogP contribution in [0.1, 0.15) is 25.1 Å². The van der Waals surface area contributed by atoms with E-state index < -0.39 is 11.9 Å². The van der Waals surface area contributed by atoms with E-state index in [2.05, 4.69) is 20.0 Å². The number of nitrogens with one attached hydrogen (secondary N) is 1. The Bertz CT molecular complexity index is 489. The maximum Gasteiger partial charge on any atom is 0.318 e. The Labute approximate surface area is 108 Å². The number of hydrogen-bond acceptors (Lipinski definition) is 5. The molecule has 2 bridgehead atoms. The summed E-state index contributed by atoms with van der Waals surface area (Å²) in [5, 5.41) is 15.4. The molecular formula is C11H14N4O4. The van der Waals surface area contributed by atoms with Crippen molar-refractivity contribution in [2.24, 2.45) is 5.92 Å². The molecule has 0 saturated carbocycles. The van der Waals surface area contributed by atoms with Crippen molar-refractivity contribution in [1.29, 1.82) is 0 Å². The summed E-state index contributed by atoms with van der Waals surface area (Å²) in [6, 6.07) is -0.398. The van der Waals surface area contributed by atoms with Crippen LogP contribution >= 0.6 is 0 Å². The lowest BCUT2D eigenvalue weighted by atomic mass is 9.89. The Hall–Kier alpha value is -2.12. The van der Waals surface area contributed by atoms with Crippen molar-refractivity contribution in [2.75, 3.05) is 0 Å². The first-order valence-corrected chi connectivity index (χ1v) is 6.21. The van der Waals surface area contributed by atoms with Gasteiger partial charge in [0.15, 0.2) is 5.82 Å². The van der Waals surface area contributed by atoms with Gasteiger partial charge >= 0.3 is 12.0 Å². The van der Waals surface area contributed by atoms with Crippen molar-refractivity contribution < 1.29 is 19.2 Å². The summed E-state index contributed by atoms with van der Waals surface area (Å²) in [5.74, 6) is -0.854. The van der Waals surface area contributed by atoms with Gasteiger partial charge in [-0.2, -0.15) is 4.98 Å². The molecule has 2 N–H and O–H groups in total. The zero-order valence-electron chi connectivity index (χ0n) is 10.2. The Morgan fingerprint density at radius 2 is 2.37 bits per heavy atom. The van der Waals surface area contributed by atoms with Crippen molar-refractivity contribution in [3.05, 3.63) is 12.2 Å². The Balaban J connectivity index is 1.63. The summed E-state index contributed by atoms with van der Waals surface area (Å²) in [5.41, 5.74) is 0. The molecule has 2 fully saturated rings. The number of fused-ring (bicyclic) bond motifs is 2. The average molecular weight is 266 g/mol. The number of rotatable bonds is 3. The minimum absolute atomic E-state index is 0.0383. The molecule has 3 unspecified atom stereocenters. The van der Waals surface area contributed by atoms with Crippen LogP contribution in [0.25, 0.3) is 0 Å². The fourth-order valence-corrected chi connectivity index (χ4v) is 3.09. The standard InChI is InChI=1S/C11H14N4O4/c16-10(17)7-3-6-1-2-8(7)15(6)11(18)12-4-9-13-5-19-14-9/h5-8H,1-4H2,(H,12,18)(H,16,17). The molecule has 8 heteroatoms. The van der Waals surface area contributed by atoms with Gasteiger partial charge in [-0.25, -0.2) is 4.79 Å². The fraction of sp³-hybridized carbons (Fsp3) is 0.636. The molecule has 3 heterocycles. The lowest BCUT2D eigenvalue weighted by molar-refractivity contribution is -0.142. The molecule has 0 radical (unpaired) electrons. The molecule has 3 atom stereocenters. The van der Waals surface area contributed by atoms with Gasteiger partial charge in [0, 0.05) is 12.1 Å². The highest BCUT2D eigenvalue weighted by Crippen LogP contribution is 2.41. The van der Waals surface area contributed by atoms with E-state index in [9.17, 15) is 9.59 Å². The number of nitrogens with zero attached hydrogens (tertiary/aromatic N) is 3. The van der Waals surface area contributed by atoms with E-state index in [0.29, 0.717) is 12.2 Å². The molecule has 2 aliphatic heterocycles. The van der Waals surface area contributed by atoms with Crippen LogP contribution in [-0.2, 0) is 11.3 Å². The molecule has 102 valence electrons. The maximum atomic E-state index is 12.1. The van der Waals surface area contributed by atoms with Gasteiger partial charge in [0.25, 0.3) is 0 Å². The third-order valence-corrected chi connectivity index (χ3v) is 3.89. The van der Waals surface area contributed by atoms with Gasteiger partial charge < -0.3 is 19.8 Å². The first kappa shape index (κ1) is 11.9. The monoisotopic (exact) mass is 266 g/mol. The predicted octanol–water partition coefficient (Wildman–Crippen LogP) is 0.217. The van der Waals surface area contributed by atoms with Crippen LogP contribution in [0.4, 0.5) is 4.79 Å². The first-order valence-electron chi connectivity index (χ1n) is 6.21. The highest BCUT2D eigenvalue weighted by Gasteiger charge is 2.51. The van der Waals surface area contributed by atoms with E-state index in [1.807, 2.05) is 0 Å². The van der Waals surface area contributed by atoms with Gasteiger partial charge in [0.05, 0.1) is 12.5 Å². The number of hydrogen-bond donors (Lipinski definition) is 2. The highest BCUT2D eigenvalue weighted by molar-refractivity contribution is 5.79. The zero-order valence-corrected chi connectivity index (χ0v) is 10.2. The number of carbonyl (C=O) groups is 2. The molecule has 3 rings (SSSR count). The van der Waals surface area contributed by atoms with Gasteiger partial charge in [0.2, 0.25) is 6.39 Å². The summed E-state index contributed by atoms with van der Waals surface area (Å²) in [7, 11) is 0. The van der Waals surface area contributed by atoms with Crippen LogP contribution in [0.3, 0.4) is 0 Å². The van der Waals surface area contributed by atoms with Gasteiger partial charge in [0.1, 0.15) is 0 Å². The summed E-state index contributed by atoms with van der Waals surface area (Å²) >= 11 is 0. The van der Waals surface area contributed by atoms with Crippen LogP contribution in [0.5, 0.6) is 0 Å². The van der Waals surface area contributed by atoms with E-state index in [1.54, 1.807) is 4.90 Å². The second kappa shape index (κ2) is 4.52. The topological polar surface area (TPSA) is 109 Å². The van der Waals surface area contributed by atoms with Crippen molar-refractivity contribution in [2.45, 2.75) is 37.9 Å². The SMILES string of the molecule is O=C(O)C1CC2CCC1N2C(=O)NCc1ncon1. The molecule has 1 aromatic heterocycles. The van der Waals surface area contributed by atoms with E-state index in [4.69, 9.17) is 5.11 Å². The van der Waals surface area contributed by atoms with E-state index in [-0.39, 0.29) is 24.7 Å². The summed E-state index contributed by atoms with van der Waals surface area (Å²) in [6.45, 7) is 0.184. The number of carbonyl (C=O) groups excluding carboxylic acids is 1. The fourth-order valence-electron chi connectivity index (χ4n) is 3.09. The molecule has 1 aromatic rings. The molecule has 0 spiro atoms. The van der Waals surface area contributed by atoms with Gasteiger partial charge in [-0.05, 0) is 19.3 Å². The van der Waals surface area contributed by atoms with Crippen LogP contribution in [0.15, 0.2) is 10.9 Å². The minimum atomic E-state index is -0.817. The van der Waals surface area contributed by atoms with Crippen molar-refractivity contribution in [3.63, 3.8) is 0 Å². The molecule has 0 aromatic carbocycles. The quantitative estimate of drug-likeness (QED) is 0.809. The van der Waals surface area contributed by atoms with E-state index >= 15 is 0 Å². The lowest BCUT2D eigenvalue weighted by Crippen LogP contribution is -2.44. The third kappa shape index (κ3) is 2.02. The number of amides is 2. The molecule has 19 heavy (non-hydrogen) atoms. The minimum Gasteiger partial charge on any atom is -0.481 e. The number of urea groups is 1. The first-order chi connectivity index (χ1) is 9.16. The van der Waals surface area contributed by atoms with E-state index in [1.165, 1.54) is 6.39 Å². The molecule has 2 amide bonds. The van der Waals surface area contributed by atoms with Gasteiger partial charge in [-0.1, -0.05) is 5.16 Å². The van der Waals surface area contributed by atoms with Crippen LogP contribution in [-0.4, -0.2) is 44.2 Å². The number of aromatic nitrogens is 2. The molecule has 8 nitrogen and oxygen atoms in total. The Kier molecular flexibility index (Phi) is 2.84. The molecular weight excluding hydrogens is 252 g/mol. The normalized spacial score (nSPS) is 28.6. The summed E-state index contributed by atoms with van der Waals surface area (Å²) in [4.78, 5) is 28.7. The highest BCUT2D eigenvalue weighted by atomic mass is 16.5. The Morgan fingerprint density at radius 3 is 3.00 bits per heavy atom. The van der Waals surface area contributed by atoms with Crippen LogP contribution in [0.2, 0.25) is 0 Å². The van der Waals surface area contributed by atoms with Gasteiger partial charge in [-0.3, -0.25) is 4.79 Å². The largest absolute Gasteiger partial charge is 0.481 e. The Morgan fingerprint density at radius 1 is 1.53 bits per heavy atom.